The number of hydrogen-bond donors (Lipinski definition) is 1. The van der Waals surface area contributed by atoms with Crippen LogP contribution in [0.1, 0.15) is 49.3 Å². The van der Waals surface area contributed by atoms with E-state index in [2.05, 4.69) is 64.0 Å². The normalized spacial score (nSPS) is 19.8. The minimum atomic E-state index is 0.384. The number of aromatic amines is 1. The van der Waals surface area contributed by atoms with Crippen LogP contribution in [0.2, 0.25) is 0 Å². The summed E-state index contributed by atoms with van der Waals surface area (Å²) >= 11 is 0. The number of benzene rings is 1. The van der Waals surface area contributed by atoms with Gasteiger partial charge in [0.1, 0.15) is 11.3 Å². The van der Waals surface area contributed by atoms with Crippen LogP contribution >= 0.6 is 0 Å². The van der Waals surface area contributed by atoms with Gasteiger partial charge in [-0.15, -0.1) is 0 Å². The highest BCUT2D eigenvalue weighted by Crippen LogP contribution is 2.34. The Hall–Kier alpha value is -2.44. The molecule has 31 heavy (non-hydrogen) atoms. The Labute approximate surface area is 185 Å². The molecule has 1 saturated heterocycles. The lowest BCUT2D eigenvalue weighted by atomic mass is 9.90. The number of para-hydroxylation sites is 1. The second kappa shape index (κ2) is 8.97. The Bertz CT molecular complexity index is 1020. The Kier molecular flexibility index (Phi) is 5.92. The molecule has 164 valence electrons. The van der Waals surface area contributed by atoms with Gasteiger partial charge in [0.05, 0.1) is 29.5 Å². The third kappa shape index (κ3) is 4.19. The first-order valence-corrected chi connectivity index (χ1v) is 11.8. The van der Waals surface area contributed by atoms with Gasteiger partial charge < -0.3 is 14.8 Å². The lowest BCUT2D eigenvalue weighted by molar-refractivity contribution is 0.162. The second-order valence-corrected chi connectivity index (χ2v) is 9.07. The smallest absolute Gasteiger partial charge is 0.121 e. The summed E-state index contributed by atoms with van der Waals surface area (Å²) in [4.78, 5) is 21.0. The van der Waals surface area contributed by atoms with E-state index in [0.717, 1.165) is 69.0 Å². The average molecular weight is 419 g/mol. The number of likely N-dealkylation sites (N-methyl/N-ethyl adjacent to an activating group) is 1. The maximum absolute atomic E-state index is 5.11. The molecule has 0 saturated carbocycles. The van der Waals surface area contributed by atoms with Crippen molar-refractivity contribution < 1.29 is 0 Å². The predicted molar refractivity (Wildman–Crippen MR) is 126 cm³/mol. The van der Waals surface area contributed by atoms with Gasteiger partial charge >= 0.3 is 0 Å². The molecule has 0 unspecified atom stereocenters. The number of anilines is 1. The largest absolute Gasteiger partial charge is 0.367 e. The fourth-order valence-corrected chi connectivity index (χ4v) is 5.21. The fourth-order valence-electron chi connectivity index (χ4n) is 5.21. The molecule has 1 aliphatic carbocycles. The summed E-state index contributed by atoms with van der Waals surface area (Å²) in [5.41, 5.74) is 6.21. The molecule has 0 spiro atoms. The molecule has 6 heteroatoms. The molecule has 3 heterocycles. The minimum absolute atomic E-state index is 0.384. The Morgan fingerprint density at radius 1 is 1.13 bits per heavy atom. The molecule has 0 bridgehead atoms. The van der Waals surface area contributed by atoms with Crippen molar-refractivity contribution in [1.29, 1.82) is 0 Å². The van der Waals surface area contributed by atoms with E-state index in [0.29, 0.717) is 6.04 Å². The first-order valence-electron chi connectivity index (χ1n) is 11.8. The van der Waals surface area contributed by atoms with Crippen LogP contribution in [0.25, 0.3) is 11.0 Å². The third-order valence-corrected chi connectivity index (χ3v) is 6.85. The van der Waals surface area contributed by atoms with Crippen molar-refractivity contribution in [3.63, 3.8) is 0 Å². The number of H-pyrrole nitrogens is 1. The molecule has 1 N–H and O–H groups in total. The SMILES string of the molecule is CCCN(Cc1nc2c(N3CCN(C)CC3)cccc2[nH]1)[C@H]1CCCc2cccnc21. The van der Waals surface area contributed by atoms with Gasteiger partial charge in [-0.25, -0.2) is 4.98 Å². The summed E-state index contributed by atoms with van der Waals surface area (Å²) < 4.78 is 0. The molecule has 2 aliphatic rings. The molecule has 3 aromatic rings. The molecule has 1 fully saturated rings. The zero-order valence-corrected chi connectivity index (χ0v) is 18.8. The van der Waals surface area contributed by atoms with Gasteiger partial charge in [0.15, 0.2) is 0 Å². The van der Waals surface area contributed by atoms with Crippen molar-refractivity contribution >= 4 is 16.7 Å². The van der Waals surface area contributed by atoms with Crippen LogP contribution < -0.4 is 4.90 Å². The monoisotopic (exact) mass is 418 g/mol. The van der Waals surface area contributed by atoms with Gasteiger partial charge in [-0.2, -0.15) is 0 Å². The van der Waals surface area contributed by atoms with E-state index in [-0.39, 0.29) is 0 Å². The van der Waals surface area contributed by atoms with E-state index in [9.17, 15) is 0 Å². The zero-order valence-electron chi connectivity index (χ0n) is 18.8. The minimum Gasteiger partial charge on any atom is -0.367 e. The Morgan fingerprint density at radius 2 is 2.00 bits per heavy atom. The van der Waals surface area contributed by atoms with E-state index >= 15 is 0 Å². The number of rotatable bonds is 6. The number of hydrogen-bond acceptors (Lipinski definition) is 5. The number of nitrogens with one attached hydrogen (secondary N) is 1. The van der Waals surface area contributed by atoms with E-state index < -0.39 is 0 Å². The topological polar surface area (TPSA) is 51.3 Å². The van der Waals surface area contributed by atoms with Crippen LogP contribution in [0, 0.1) is 0 Å². The highest BCUT2D eigenvalue weighted by atomic mass is 15.3. The zero-order chi connectivity index (χ0) is 21.2. The van der Waals surface area contributed by atoms with Gasteiger partial charge in [-0.1, -0.05) is 19.1 Å². The molecule has 2 aromatic heterocycles. The Morgan fingerprint density at radius 3 is 2.84 bits per heavy atom. The summed E-state index contributed by atoms with van der Waals surface area (Å²) in [6.07, 6.45) is 6.64. The second-order valence-electron chi connectivity index (χ2n) is 9.07. The lowest BCUT2D eigenvalue weighted by Crippen LogP contribution is -2.44. The summed E-state index contributed by atoms with van der Waals surface area (Å²) in [5.74, 6) is 1.06. The Balaban J connectivity index is 1.42. The van der Waals surface area contributed by atoms with E-state index in [1.807, 2.05) is 6.20 Å². The number of nitrogens with zero attached hydrogens (tertiary/aromatic N) is 5. The number of aromatic nitrogens is 3. The molecule has 1 aliphatic heterocycles. The van der Waals surface area contributed by atoms with Crippen molar-refractivity contribution in [3.05, 3.63) is 53.6 Å². The molecule has 0 radical (unpaired) electrons. The van der Waals surface area contributed by atoms with Gasteiger partial charge in [0.2, 0.25) is 0 Å². The van der Waals surface area contributed by atoms with Crippen molar-refractivity contribution in [2.24, 2.45) is 0 Å². The van der Waals surface area contributed by atoms with Crippen molar-refractivity contribution in [1.82, 2.24) is 24.8 Å². The van der Waals surface area contributed by atoms with Gasteiger partial charge in [0.25, 0.3) is 0 Å². The first-order chi connectivity index (χ1) is 15.2. The summed E-state index contributed by atoms with van der Waals surface area (Å²) in [6, 6.07) is 11.3. The summed E-state index contributed by atoms with van der Waals surface area (Å²) in [6.45, 7) is 8.49. The fraction of sp³-hybridized carbons (Fsp3) is 0.520. The van der Waals surface area contributed by atoms with Crippen LogP contribution in [-0.4, -0.2) is 64.5 Å². The van der Waals surface area contributed by atoms with Gasteiger partial charge in [0, 0.05) is 32.4 Å². The molecular formula is C25H34N6. The number of imidazole rings is 1. The van der Waals surface area contributed by atoms with Crippen molar-refractivity contribution in [2.75, 3.05) is 44.7 Å². The maximum Gasteiger partial charge on any atom is 0.121 e. The predicted octanol–water partition coefficient (Wildman–Crippen LogP) is 4.00. The van der Waals surface area contributed by atoms with Crippen LogP contribution in [0.5, 0.6) is 0 Å². The standard InChI is InChI=1S/C25H34N6/c1-3-13-31(21-10-4-7-19-8-6-12-26-24(19)21)18-23-27-20-9-5-11-22(25(20)28-23)30-16-14-29(2)15-17-30/h5-6,8-9,11-12,21H,3-4,7,10,13-18H2,1-2H3,(H,27,28)/t21-/m0/s1. The summed E-state index contributed by atoms with van der Waals surface area (Å²) in [7, 11) is 2.20. The maximum atomic E-state index is 5.11. The molecule has 5 rings (SSSR count). The third-order valence-electron chi connectivity index (χ3n) is 6.85. The van der Waals surface area contributed by atoms with E-state index in [4.69, 9.17) is 9.97 Å². The first kappa shape index (κ1) is 20.5. The number of fused-ring (bicyclic) bond motifs is 2. The molecule has 6 nitrogen and oxygen atoms in total. The number of aryl methyl sites for hydroxylation is 1. The van der Waals surface area contributed by atoms with Crippen molar-refractivity contribution in [3.8, 4) is 0 Å². The van der Waals surface area contributed by atoms with Crippen LogP contribution in [0.15, 0.2) is 36.5 Å². The summed E-state index contributed by atoms with van der Waals surface area (Å²) in [5, 5.41) is 0. The lowest BCUT2D eigenvalue weighted by Gasteiger charge is -2.34. The van der Waals surface area contributed by atoms with Crippen LogP contribution in [0.3, 0.4) is 0 Å². The number of pyridine rings is 1. The van der Waals surface area contributed by atoms with E-state index in [1.54, 1.807) is 0 Å². The average Bonchev–Trinajstić information content (AvgIpc) is 3.22. The molecule has 1 aromatic carbocycles. The quantitative estimate of drug-likeness (QED) is 0.656. The molecule has 0 amide bonds. The van der Waals surface area contributed by atoms with Crippen LogP contribution in [0.4, 0.5) is 5.69 Å². The van der Waals surface area contributed by atoms with E-state index in [1.165, 1.54) is 29.8 Å². The highest BCUT2D eigenvalue weighted by molar-refractivity contribution is 5.89. The van der Waals surface area contributed by atoms with Crippen LogP contribution in [-0.2, 0) is 13.0 Å². The van der Waals surface area contributed by atoms with Crippen molar-refractivity contribution in [2.45, 2.75) is 45.2 Å². The highest BCUT2D eigenvalue weighted by Gasteiger charge is 2.27. The molecular weight excluding hydrogens is 384 g/mol. The van der Waals surface area contributed by atoms with Gasteiger partial charge in [-0.05, 0) is 63.0 Å². The van der Waals surface area contributed by atoms with Gasteiger partial charge in [-0.3, -0.25) is 9.88 Å². The number of piperazine rings is 1. The molecule has 1 atom stereocenters.